The van der Waals surface area contributed by atoms with Crippen molar-refractivity contribution < 1.29 is 0 Å². The van der Waals surface area contributed by atoms with Gasteiger partial charge in [0.25, 0.3) is 0 Å². The maximum absolute atomic E-state index is 9.21. The van der Waals surface area contributed by atoms with Crippen molar-refractivity contribution >= 4 is 34.3 Å². The molecule has 1 aromatic carbocycles. The number of H-pyrrole nitrogens is 1. The van der Waals surface area contributed by atoms with Crippen molar-refractivity contribution in [3.8, 4) is 6.07 Å². The minimum Gasteiger partial charge on any atom is -0.354 e. The highest BCUT2D eigenvalue weighted by atomic mass is 35.5. The molecule has 2 aromatic rings. The van der Waals surface area contributed by atoms with E-state index in [4.69, 9.17) is 11.6 Å². The van der Waals surface area contributed by atoms with Crippen molar-refractivity contribution in [1.29, 1.82) is 5.26 Å². The van der Waals surface area contributed by atoms with E-state index in [0.717, 1.165) is 24.3 Å². The average molecular weight is 275 g/mol. The van der Waals surface area contributed by atoms with Crippen molar-refractivity contribution in [2.45, 2.75) is 6.92 Å². The SMILES string of the molecule is Cc1c(NC2=NCCN2)cc(C#N)c2[nH]c(Cl)nc12. The normalized spacial score (nSPS) is 14.1. The molecule has 1 aliphatic rings. The van der Waals surface area contributed by atoms with Crippen LogP contribution in [0.5, 0.6) is 0 Å². The zero-order valence-electron chi connectivity index (χ0n) is 10.2. The number of imidazole rings is 1. The number of guanidine groups is 1. The minimum atomic E-state index is 0.281. The molecule has 7 heteroatoms. The van der Waals surface area contributed by atoms with E-state index in [1.807, 2.05) is 6.92 Å². The molecule has 0 atom stereocenters. The lowest BCUT2D eigenvalue weighted by Gasteiger charge is -2.10. The van der Waals surface area contributed by atoms with E-state index < -0.39 is 0 Å². The average Bonchev–Trinajstić information content (AvgIpc) is 3.02. The molecular formula is C12H11ClN6. The molecule has 3 N–H and O–H groups in total. The summed E-state index contributed by atoms with van der Waals surface area (Å²) in [6.45, 7) is 3.50. The molecule has 0 bridgehead atoms. The molecule has 1 aromatic heterocycles. The van der Waals surface area contributed by atoms with Gasteiger partial charge in [-0.05, 0) is 24.6 Å². The van der Waals surface area contributed by atoms with Gasteiger partial charge in [0.05, 0.1) is 23.1 Å². The van der Waals surface area contributed by atoms with Crippen molar-refractivity contribution in [1.82, 2.24) is 15.3 Å². The maximum atomic E-state index is 9.21. The van der Waals surface area contributed by atoms with Gasteiger partial charge in [0.1, 0.15) is 6.07 Å². The number of hydrogen-bond acceptors (Lipinski definition) is 5. The van der Waals surface area contributed by atoms with E-state index in [-0.39, 0.29) is 5.28 Å². The van der Waals surface area contributed by atoms with Gasteiger partial charge in [0.2, 0.25) is 5.28 Å². The summed E-state index contributed by atoms with van der Waals surface area (Å²) in [6, 6.07) is 3.92. The summed E-state index contributed by atoms with van der Waals surface area (Å²) in [5.74, 6) is 0.716. The van der Waals surface area contributed by atoms with Gasteiger partial charge in [-0.15, -0.1) is 0 Å². The van der Waals surface area contributed by atoms with Gasteiger partial charge in [-0.3, -0.25) is 4.99 Å². The Kier molecular flexibility index (Phi) is 2.76. The number of rotatable bonds is 1. The third-order valence-electron chi connectivity index (χ3n) is 3.04. The van der Waals surface area contributed by atoms with E-state index in [2.05, 4.69) is 31.7 Å². The van der Waals surface area contributed by atoms with Crippen LogP contribution in [0.4, 0.5) is 5.69 Å². The fourth-order valence-corrected chi connectivity index (χ4v) is 2.27. The molecule has 96 valence electrons. The number of aliphatic imine (C=N–C) groups is 1. The number of nitrogens with zero attached hydrogens (tertiary/aromatic N) is 3. The Labute approximate surface area is 114 Å². The zero-order valence-corrected chi connectivity index (χ0v) is 11.0. The molecule has 1 aliphatic heterocycles. The maximum Gasteiger partial charge on any atom is 0.201 e. The summed E-state index contributed by atoms with van der Waals surface area (Å²) in [5, 5.41) is 15.8. The van der Waals surface area contributed by atoms with Gasteiger partial charge in [-0.2, -0.15) is 5.26 Å². The van der Waals surface area contributed by atoms with Crippen molar-refractivity contribution in [2.75, 3.05) is 18.4 Å². The predicted molar refractivity (Wildman–Crippen MR) is 74.5 cm³/mol. The molecule has 0 radical (unpaired) electrons. The molecule has 0 spiro atoms. The second-order valence-electron chi connectivity index (χ2n) is 4.24. The molecule has 6 nitrogen and oxygen atoms in total. The molecule has 0 fully saturated rings. The number of halogens is 1. The lowest BCUT2D eigenvalue weighted by molar-refractivity contribution is 0.959. The molecule has 3 rings (SSSR count). The number of aryl methyl sites for hydroxylation is 1. The Balaban J connectivity index is 2.14. The van der Waals surface area contributed by atoms with Gasteiger partial charge >= 0.3 is 0 Å². The van der Waals surface area contributed by atoms with E-state index in [1.54, 1.807) is 6.07 Å². The molecule has 0 aliphatic carbocycles. The first-order chi connectivity index (χ1) is 9.19. The fraction of sp³-hybridized carbons (Fsp3) is 0.250. The van der Waals surface area contributed by atoms with Crippen LogP contribution in [0.25, 0.3) is 11.0 Å². The van der Waals surface area contributed by atoms with Gasteiger partial charge in [-0.25, -0.2) is 4.98 Å². The number of hydrogen-bond donors (Lipinski definition) is 3. The number of nitriles is 1. The lowest BCUT2D eigenvalue weighted by atomic mass is 10.1. The van der Waals surface area contributed by atoms with Gasteiger partial charge < -0.3 is 15.6 Å². The monoisotopic (exact) mass is 274 g/mol. The summed E-state index contributed by atoms with van der Waals surface area (Å²) in [6.07, 6.45) is 0. The first-order valence-corrected chi connectivity index (χ1v) is 6.21. The Morgan fingerprint density at radius 1 is 1.53 bits per heavy atom. The van der Waals surface area contributed by atoms with Crippen LogP contribution in [0, 0.1) is 18.3 Å². The van der Waals surface area contributed by atoms with Gasteiger partial charge in [0.15, 0.2) is 5.96 Å². The van der Waals surface area contributed by atoms with Crippen LogP contribution in [-0.4, -0.2) is 29.0 Å². The summed E-state index contributed by atoms with van der Waals surface area (Å²) in [5.41, 5.74) is 3.59. The molecule has 0 unspecified atom stereocenters. The Bertz CT molecular complexity index is 724. The third kappa shape index (κ3) is 1.98. The van der Waals surface area contributed by atoms with Crippen molar-refractivity contribution in [2.24, 2.45) is 4.99 Å². The lowest BCUT2D eigenvalue weighted by Crippen LogP contribution is -2.26. The van der Waals surface area contributed by atoms with E-state index in [0.29, 0.717) is 22.6 Å². The standard InChI is InChI=1S/C12H11ClN6/c1-6-8(17-12-15-2-3-16-12)4-7(5-14)10-9(6)18-11(13)19-10/h4H,2-3H2,1H3,(H,18,19)(H2,15,16,17). The van der Waals surface area contributed by atoms with Crippen LogP contribution in [0.2, 0.25) is 5.28 Å². The number of aromatic amines is 1. The highest BCUT2D eigenvalue weighted by molar-refractivity contribution is 6.29. The van der Waals surface area contributed by atoms with Gasteiger partial charge in [-0.1, -0.05) is 0 Å². The number of fused-ring (bicyclic) bond motifs is 1. The van der Waals surface area contributed by atoms with Crippen LogP contribution >= 0.6 is 11.6 Å². The first-order valence-electron chi connectivity index (χ1n) is 5.83. The topological polar surface area (TPSA) is 88.9 Å². The number of anilines is 1. The fourth-order valence-electron chi connectivity index (χ4n) is 2.09. The van der Waals surface area contributed by atoms with Crippen LogP contribution in [0.3, 0.4) is 0 Å². The predicted octanol–water partition coefficient (Wildman–Crippen LogP) is 1.77. The molecular weight excluding hydrogens is 264 g/mol. The Morgan fingerprint density at radius 3 is 3.05 bits per heavy atom. The molecule has 0 saturated heterocycles. The molecule has 0 amide bonds. The van der Waals surface area contributed by atoms with Crippen LogP contribution in [-0.2, 0) is 0 Å². The highest BCUT2D eigenvalue weighted by Gasteiger charge is 2.15. The van der Waals surface area contributed by atoms with Crippen LogP contribution in [0.1, 0.15) is 11.1 Å². The molecule has 2 heterocycles. The molecule has 0 saturated carbocycles. The summed E-state index contributed by atoms with van der Waals surface area (Å²) < 4.78 is 0. The van der Waals surface area contributed by atoms with Crippen LogP contribution in [0.15, 0.2) is 11.1 Å². The summed E-state index contributed by atoms with van der Waals surface area (Å²) >= 11 is 5.87. The largest absolute Gasteiger partial charge is 0.354 e. The van der Waals surface area contributed by atoms with E-state index in [1.165, 1.54) is 0 Å². The summed E-state index contributed by atoms with van der Waals surface area (Å²) in [7, 11) is 0. The van der Waals surface area contributed by atoms with E-state index in [9.17, 15) is 5.26 Å². The zero-order chi connectivity index (χ0) is 13.4. The van der Waals surface area contributed by atoms with E-state index >= 15 is 0 Å². The Morgan fingerprint density at radius 2 is 2.37 bits per heavy atom. The van der Waals surface area contributed by atoms with Crippen molar-refractivity contribution in [3.63, 3.8) is 0 Å². The quantitative estimate of drug-likeness (QED) is 0.739. The first kappa shape index (κ1) is 11.8. The second-order valence-corrected chi connectivity index (χ2v) is 4.60. The third-order valence-corrected chi connectivity index (χ3v) is 3.22. The minimum absolute atomic E-state index is 0.281. The second kappa shape index (κ2) is 4.44. The number of nitrogens with one attached hydrogen (secondary N) is 3. The molecule has 19 heavy (non-hydrogen) atoms. The smallest absolute Gasteiger partial charge is 0.201 e. The highest BCUT2D eigenvalue weighted by Crippen LogP contribution is 2.28. The van der Waals surface area contributed by atoms with Crippen LogP contribution < -0.4 is 10.6 Å². The number of benzene rings is 1. The Hall–Kier alpha value is -2.26. The number of aromatic nitrogens is 2. The summed E-state index contributed by atoms with van der Waals surface area (Å²) in [4.78, 5) is 11.4. The van der Waals surface area contributed by atoms with Gasteiger partial charge in [0, 0.05) is 17.8 Å². The van der Waals surface area contributed by atoms with Crippen molar-refractivity contribution in [3.05, 3.63) is 22.5 Å².